The summed E-state index contributed by atoms with van der Waals surface area (Å²) in [6.07, 6.45) is 5.95. The maximum atomic E-state index is 12.0. The quantitative estimate of drug-likeness (QED) is 0.737. The highest BCUT2D eigenvalue weighted by molar-refractivity contribution is 5.86. The van der Waals surface area contributed by atoms with Gasteiger partial charge < -0.3 is 10.6 Å². The summed E-state index contributed by atoms with van der Waals surface area (Å²) >= 11 is 0. The standard InChI is InChI=1S/C12H22N2O/c1-9(8-10-4-5-10)14-11(15)12(2)6-3-7-13-12/h9-10,13H,3-8H2,1-2H3,(H,14,15). The minimum atomic E-state index is -0.308. The lowest BCUT2D eigenvalue weighted by atomic mass is 9.98. The zero-order valence-electron chi connectivity index (χ0n) is 9.81. The molecule has 1 saturated heterocycles. The summed E-state index contributed by atoms with van der Waals surface area (Å²) in [6, 6.07) is 0.337. The van der Waals surface area contributed by atoms with Crippen molar-refractivity contribution in [1.82, 2.24) is 10.6 Å². The van der Waals surface area contributed by atoms with Crippen LogP contribution in [0.5, 0.6) is 0 Å². The molecule has 3 nitrogen and oxygen atoms in total. The summed E-state index contributed by atoms with van der Waals surface area (Å²) in [6.45, 7) is 5.11. The molecule has 1 aliphatic heterocycles. The van der Waals surface area contributed by atoms with Crippen molar-refractivity contribution in [3.63, 3.8) is 0 Å². The van der Waals surface area contributed by atoms with E-state index < -0.39 is 0 Å². The molecule has 2 N–H and O–H groups in total. The minimum absolute atomic E-state index is 0.188. The van der Waals surface area contributed by atoms with Crippen LogP contribution in [0.2, 0.25) is 0 Å². The first kappa shape index (κ1) is 10.9. The van der Waals surface area contributed by atoms with Crippen LogP contribution in [-0.4, -0.2) is 24.0 Å². The predicted octanol–water partition coefficient (Wildman–Crippen LogP) is 1.43. The molecule has 1 amide bonds. The van der Waals surface area contributed by atoms with Gasteiger partial charge in [0, 0.05) is 6.04 Å². The number of rotatable bonds is 4. The first-order valence-electron chi connectivity index (χ1n) is 6.16. The van der Waals surface area contributed by atoms with Crippen molar-refractivity contribution in [2.75, 3.05) is 6.54 Å². The van der Waals surface area contributed by atoms with Gasteiger partial charge in [0.2, 0.25) is 5.91 Å². The average molecular weight is 210 g/mol. The molecule has 0 radical (unpaired) electrons. The van der Waals surface area contributed by atoms with E-state index in [0.717, 1.165) is 31.7 Å². The zero-order chi connectivity index (χ0) is 10.9. The lowest BCUT2D eigenvalue weighted by molar-refractivity contribution is -0.127. The Labute approximate surface area is 92.0 Å². The van der Waals surface area contributed by atoms with Gasteiger partial charge in [0.25, 0.3) is 0 Å². The highest BCUT2D eigenvalue weighted by atomic mass is 16.2. The van der Waals surface area contributed by atoms with Crippen LogP contribution in [0.25, 0.3) is 0 Å². The van der Waals surface area contributed by atoms with Crippen molar-refractivity contribution >= 4 is 5.91 Å². The van der Waals surface area contributed by atoms with Crippen molar-refractivity contribution in [3.8, 4) is 0 Å². The number of carbonyl (C=O) groups excluding carboxylic acids is 1. The zero-order valence-corrected chi connectivity index (χ0v) is 9.81. The molecular formula is C12H22N2O. The maximum absolute atomic E-state index is 12.0. The maximum Gasteiger partial charge on any atom is 0.240 e. The summed E-state index contributed by atoms with van der Waals surface area (Å²) < 4.78 is 0. The fourth-order valence-corrected chi connectivity index (χ4v) is 2.38. The number of nitrogens with one attached hydrogen (secondary N) is 2. The van der Waals surface area contributed by atoms with Gasteiger partial charge in [-0.25, -0.2) is 0 Å². The number of amides is 1. The molecule has 2 fully saturated rings. The van der Waals surface area contributed by atoms with E-state index in [4.69, 9.17) is 0 Å². The van der Waals surface area contributed by atoms with Gasteiger partial charge in [0.05, 0.1) is 5.54 Å². The monoisotopic (exact) mass is 210 g/mol. The molecule has 0 aromatic heterocycles. The molecule has 0 bridgehead atoms. The molecule has 2 aliphatic rings. The Morgan fingerprint density at radius 3 is 2.87 bits per heavy atom. The Morgan fingerprint density at radius 2 is 2.33 bits per heavy atom. The van der Waals surface area contributed by atoms with Crippen molar-refractivity contribution in [2.24, 2.45) is 5.92 Å². The predicted molar refractivity (Wildman–Crippen MR) is 60.6 cm³/mol. The molecule has 0 aromatic rings. The number of carbonyl (C=O) groups is 1. The van der Waals surface area contributed by atoms with E-state index in [1.807, 2.05) is 6.92 Å². The van der Waals surface area contributed by atoms with Crippen LogP contribution < -0.4 is 10.6 Å². The van der Waals surface area contributed by atoms with Crippen LogP contribution in [-0.2, 0) is 4.79 Å². The molecule has 0 spiro atoms. The smallest absolute Gasteiger partial charge is 0.240 e. The summed E-state index contributed by atoms with van der Waals surface area (Å²) in [5.74, 6) is 1.07. The van der Waals surface area contributed by atoms with Crippen LogP contribution in [0, 0.1) is 5.92 Å². The average Bonchev–Trinajstić information content (AvgIpc) is 2.86. The van der Waals surface area contributed by atoms with Crippen molar-refractivity contribution in [2.45, 2.75) is 57.5 Å². The first-order valence-corrected chi connectivity index (χ1v) is 6.16. The molecule has 2 rings (SSSR count). The van der Waals surface area contributed by atoms with Crippen LogP contribution in [0.3, 0.4) is 0 Å². The lowest BCUT2D eigenvalue weighted by Crippen LogP contribution is -2.53. The van der Waals surface area contributed by atoms with E-state index in [2.05, 4.69) is 17.6 Å². The van der Waals surface area contributed by atoms with Crippen molar-refractivity contribution < 1.29 is 4.79 Å². The van der Waals surface area contributed by atoms with Gasteiger partial charge in [-0.3, -0.25) is 4.79 Å². The molecule has 1 saturated carbocycles. The summed E-state index contributed by atoms with van der Waals surface area (Å²) in [7, 11) is 0. The third-order valence-corrected chi connectivity index (χ3v) is 3.63. The fourth-order valence-electron chi connectivity index (χ4n) is 2.38. The van der Waals surface area contributed by atoms with E-state index in [-0.39, 0.29) is 11.4 Å². The van der Waals surface area contributed by atoms with E-state index >= 15 is 0 Å². The van der Waals surface area contributed by atoms with E-state index in [1.165, 1.54) is 12.8 Å². The van der Waals surface area contributed by atoms with Gasteiger partial charge in [0.15, 0.2) is 0 Å². The second-order valence-corrected chi connectivity index (χ2v) is 5.42. The summed E-state index contributed by atoms with van der Waals surface area (Å²) in [5.41, 5.74) is -0.308. The highest BCUT2D eigenvalue weighted by Gasteiger charge is 2.36. The molecule has 3 heteroatoms. The third kappa shape index (κ3) is 2.71. The molecular weight excluding hydrogens is 188 g/mol. The van der Waals surface area contributed by atoms with Gasteiger partial charge in [-0.15, -0.1) is 0 Å². The molecule has 86 valence electrons. The Bertz CT molecular complexity index is 242. The number of hydrogen-bond donors (Lipinski definition) is 2. The molecule has 15 heavy (non-hydrogen) atoms. The van der Waals surface area contributed by atoms with Crippen molar-refractivity contribution in [3.05, 3.63) is 0 Å². The topological polar surface area (TPSA) is 41.1 Å². The minimum Gasteiger partial charge on any atom is -0.352 e. The van der Waals surface area contributed by atoms with Crippen LogP contribution in [0.4, 0.5) is 0 Å². The van der Waals surface area contributed by atoms with Gasteiger partial charge in [-0.05, 0) is 45.6 Å². The molecule has 2 atom stereocenters. The first-order chi connectivity index (χ1) is 7.10. The normalized spacial score (nSPS) is 32.7. The van der Waals surface area contributed by atoms with E-state index in [9.17, 15) is 4.79 Å². The Hall–Kier alpha value is -0.570. The highest BCUT2D eigenvalue weighted by Crippen LogP contribution is 2.33. The van der Waals surface area contributed by atoms with Gasteiger partial charge >= 0.3 is 0 Å². The molecule has 1 aliphatic carbocycles. The van der Waals surface area contributed by atoms with Gasteiger partial charge in [-0.1, -0.05) is 12.8 Å². The van der Waals surface area contributed by atoms with Crippen LogP contribution in [0.1, 0.15) is 46.0 Å². The Balaban J connectivity index is 1.79. The SMILES string of the molecule is CC(CC1CC1)NC(=O)C1(C)CCCN1. The van der Waals surface area contributed by atoms with Gasteiger partial charge in [-0.2, -0.15) is 0 Å². The largest absolute Gasteiger partial charge is 0.352 e. The summed E-state index contributed by atoms with van der Waals surface area (Å²) in [5, 5.41) is 6.43. The Kier molecular flexibility index (Phi) is 3.01. The lowest BCUT2D eigenvalue weighted by Gasteiger charge is -2.25. The fraction of sp³-hybridized carbons (Fsp3) is 0.917. The summed E-state index contributed by atoms with van der Waals surface area (Å²) in [4.78, 5) is 12.0. The Morgan fingerprint density at radius 1 is 1.60 bits per heavy atom. The van der Waals surface area contributed by atoms with E-state index in [1.54, 1.807) is 0 Å². The van der Waals surface area contributed by atoms with Gasteiger partial charge in [0.1, 0.15) is 0 Å². The van der Waals surface area contributed by atoms with E-state index in [0.29, 0.717) is 6.04 Å². The second kappa shape index (κ2) is 4.12. The second-order valence-electron chi connectivity index (χ2n) is 5.42. The third-order valence-electron chi connectivity index (χ3n) is 3.63. The van der Waals surface area contributed by atoms with Crippen molar-refractivity contribution in [1.29, 1.82) is 0 Å². The van der Waals surface area contributed by atoms with Crippen LogP contribution >= 0.6 is 0 Å². The molecule has 0 aromatic carbocycles. The molecule has 2 unspecified atom stereocenters. The number of hydrogen-bond acceptors (Lipinski definition) is 2. The molecule has 1 heterocycles. The van der Waals surface area contributed by atoms with Crippen LogP contribution in [0.15, 0.2) is 0 Å².